The van der Waals surface area contributed by atoms with E-state index < -0.39 is 12.3 Å². The van der Waals surface area contributed by atoms with E-state index in [9.17, 15) is 14.7 Å². The van der Waals surface area contributed by atoms with E-state index in [4.69, 9.17) is 37.8 Å². The quantitative estimate of drug-likeness (QED) is 0.345. The van der Waals surface area contributed by atoms with Gasteiger partial charge in [-0.3, -0.25) is 9.59 Å². The van der Waals surface area contributed by atoms with Crippen molar-refractivity contribution in [3.8, 4) is 0 Å². The number of halogens is 2. The van der Waals surface area contributed by atoms with Crippen molar-refractivity contribution in [1.82, 2.24) is 9.55 Å². The number of nitrogens with zero attached hydrogens (tertiary/aromatic N) is 2. The fourth-order valence-electron chi connectivity index (χ4n) is 4.16. The smallest absolute Gasteiger partial charge is 0.303 e. The van der Waals surface area contributed by atoms with Gasteiger partial charge in [0.1, 0.15) is 5.15 Å². The number of amides is 1. The Morgan fingerprint density at radius 3 is 2.30 bits per heavy atom. The topological polar surface area (TPSA) is 123 Å². The van der Waals surface area contributed by atoms with Gasteiger partial charge in [-0.25, -0.2) is 4.98 Å². The predicted molar refractivity (Wildman–Crippen MR) is 137 cm³/mol. The normalized spacial score (nSPS) is 21.5. The van der Waals surface area contributed by atoms with Crippen LogP contribution in [-0.2, 0) is 32.2 Å². The highest BCUT2D eigenvalue weighted by Crippen LogP contribution is 2.42. The van der Waals surface area contributed by atoms with Gasteiger partial charge < -0.3 is 29.6 Å². The molecule has 0 saturated carbocycles. The number of aromatic nitrogens is 2. The maximum Gasteiger partial charge on any atom is 0.303 e. The Balaban J connectivity index is 1.55. The van der Waals surface area contributed by atoms with E-state index >= 15 is 0 Å². The number of nitrogens with one attached hydrogen (secondary N) is 1. The number of benzene rings is 2. The lowest BCUT2D eigenvalue weighted by molar-refractivity contribution is -0.276. The third-order valence-corrected chi connectivity index (χ3v) is 7.03. The second-order valence-electron chi connectivity index (χ2n) is 8.86. The Bertz CT molecular complexity index is 1230. The second kappa shape index (κ2) is 12.1. The SMILES string of the molecule is CC1C(Cn2cnc(Cl)c2Cl)OC(c2ccc(NC(=O)CCC(=O)O)cc2)OC1c1ccc(CO)cc1. The highest BCUT2D eigenvalue weighted by molar-refractivity contribution is 6.40. The first-order chi connectivity index (χ1) is 17.7. The largest absolute Gasteiger partial charge is 0.481 e. The van der Waals surface area contributed by atoms with E-state index in [1.807, 2.05) is 31.2 Å². The number of carbonyl (C=O) groups excluding carboxylic acids is 1. The number of imidazole rings is 1. The van der Waals surface area contributed by atoms with Crippen LogP contribution in [0.3, 0.4) is 0 Å². The van der Waals surface area contributed by atoms with Crippen LogP contribution in [0.15, 0.2) is 54.9 Å². The molecule has 196 valence electrons. The van der Waals surface area contributed by atoms with Gasteiger partial charge in [0.15, 0.2) is 11.4 Å². The molecule has 1 saturated heterocycles. The molecule has 9 nitrogen and oxygen atoms in total. The number of carboxylic acid groups (broad SMARTS) is 1. The Hall–Kier alpha value is -2.95. The summed E-state index contributed by atoms with van der Waals surface area (Å²) in [7, 11) is 0. The molecule has 3 aromatic rings. The summed E-state index contributed by atoms with van der Waals surface area (Å²) in [6, 6.07) is 14.6. The highest BCUT2D eigenvalue weighted by Gasteiger charge is 2.38. The minimum Gasteiger partial charge on any atom is -0.481 e. The van der Waals surface area contributed by atoms with Crippen molar-refractivity contribution in [1.29, 1.82) is 0 Å². The van der Waals surface area contributed by atoms with Gasteiger partial charge in [-0.15, -0.1) is 0 Å². The summed E-state index contributed by atoms with van der Waals surface area (Å²) in [6.45, 7) is 2.39. The molecule has 0 aliphatic carbocycles. The summed E-state index contributed by atoms with van der Waals surface area (Å²) in [5.41, 5.74) is 3.03. The molecule has 1 fully saturated rings. The van der Waals surface area contributed by atoms with Crippen LogP contribution in [0.5, 0.6) is 0 Å². The van der Waals surface area contributed by atoms with Gasteiger partial charge in [-0.05, 0) is 23.3 Å². The molecule has 1 amide bonds. The van der Waals surface area contributed by atoms with Crippen LogP contribution in [0.2, 0.25) is 10.3 Å². The molecule has 4 atom stereocenters. The lowest BCUT2D eigenvalue weighted by Crippen LogP contribution is -2.39. The van der Waals surface area contributed by atoms with Crippen LogP contribution >= 0.6 is 23.2 Å². The van der Waals surface area contributed by atoms with E-state index in [1.165, 1.54) is 0 Å². The van der Waals surface area contributed by atoms with Crippen LogP contribution in [0.4, 0.5) is 5.69 Å². The van der Waals surface area contributed by atoms with Gasteiger partial charge in [-0.2, -0.15) is 0 Å². The predicted octanol–water partition coefficient (Wildman–Crippen LogP) is 4.98. The van der Waals surface area contributed by atoms with Crippen molar-refractivity contribution in [2.24, 2.45) is 5.92 Å². The van der Waals surface area contributed by atoms with Crippen molar-refractivity contribution in [2.75, 3.05) is 5.32 Å². The zero-order valence-corrected chi connectivity index (χ0v) is 21.5. The number of aliphatic hydroxyl groups is 1. The first-order valence-electron chi connectivity index (χ1n) is 11.7. The van der Waals surface area contributed by atoms with Gasteiger partial charge in [0.25, 0.3) is 0 Å². The molecule has 4 unspecified atom stereocenters. The zero-order chi connectivity index (χ0) is 26.5. The number of hydrogen-bond acceptors (Lipinski definition) is 6. The van der Waals surface area contributed by atoms with Gasteiger partial charge >= 0.3 is 5.97 Å². The number of rotatable bonds is 9. The van der Waals surface area contributed by atoms with Crippen molar-refractivity contribution >= 4 is 40.8 Å². The van der Waals surface area contributed by atoms with Crippen LogP contribution in [0.1, 0.15) is 48.8 Å². The monoisotopic (exact) mass is 547 g/mol. The second-order valence-corrected chi connectivity index (χ2v) is 9.58. The molecular weight excluding hydrogens is 521 g/mol. The summed E-state index contributed by atoms with van der Waals surface area (Å²) in [4.78, 5) is 26.7. The summed E-state index contributed by atoms with van der Waals surface area (Å²) >= 11 is 12.3. The van der Waals surface area contributed by atoms with E-state index in [0.29, 0.717) is 17.4 Å². The first kappa shape index (κ1) is 27.1. The van der Waals surface area contributed by atoms with Gasteiger partial charge in [0.2, 0.25) is 5.91 Å². The molecule has 3 N–H and O–H groups in total. The average molecular weight is 548 g/mol. The molecule has 2 aromatic carbocycles. The molecule has 1 aromatic heterocycles. The number of aliphatic hydroxyl groups excluding tert-OH is 1. The standard InChI is InChI=1S/C26H27Cl2N3O6/c1-15-20(12-31-14-29-24(27)25(31)28)36-26(37-23(15)17-4-2-16(13-32)3-5-17)18-6-8-19(9-7-18)30-21(33)10-11-22(34)35/h2-9,14-15,20,23,26,32H,10-13H2,1H3,(H,30,33)(H,34,35). The molecule has 1 aliphatic heterocycles. The number of carbonyl (C=O) groups is 2. The highest BCUT2D eigenvalue weighted by atomic mass is 35.5. The summed E-state index contributed by atoms with van der Waals surface area (Å²) < 4.78 is 14.5. The van der Waals surface area contributed by atoms with Crippen LogP contribution in [0.25, 0.3) is 0 Å². The van der Waals surface area contributed by atoms with Crippen LogP contribution < -0.4 is 5.32 Å². The summed E-state index contributed by atoms with van der Waals surface area (Å²) in [6.07, 6.45) is -0.108. The minimum absolute atomic E-state index is 0.0468. The molecule has 2 heterocycles. The maximum atomic E-state index is 12.0. The number of ether oxygens (including phenoxy) is 2. The molecule has 11 heteroatoms. The van der Waals surface area contributed by atoms with Crippen molar-refractivity contribution in [2.45, 2.75) is 51.4 Å². The van der Waals surface area contributed by atoms with Crippen LogP contribution in [0, 0.1) is 5.92 Å². The summed E-state index contributed by atoms with van der Waals surface area (Å²) in [5.74, 6) is -1.47. The van der Waals surface area contributed by atoms with Crippen molar-refractivity contribution < 1.29 is 29.3 Å². The molecule has 4 rings (SSSR count). The summed E-state index contributed by atoms with van der Waals surface area (Å²) in [5, 5.41) is 21.4. The lowest BCUT2D eigenvalue weighted by Gasteiger charge is -2.41. The Labute approximate surface area is 223 Å². The molecule has 0 bridgehead atoms. The number of hydrogen-bond donors (Lipinski definition) is 3. The maximum absolute atomic E-state index is 12.0. The fraction of sp³-hybridized carbons (Fsp3) is 0.346. The minimum atomic E-state index is -1.03. The third kappa shape index (κ3) is 6.68. The fourth-order valence-corrected chi connectivity index (χ4v) is 4.47. The Morgan fingerprint density at radius 1 is 1.03 bits per heavy atom. The molecule has 37 heavy (non-hydrogen) atoms. The van der Waals surface area contributed by atoms with E-state index in [0.717, 1.165) is 16.7 Å². The van der Waals surface area contributed by atoms with Crippen LogP contribution in [-0.4, -0.2) is 37.7 Å². The van der Waals surface area contributed by atoms with Gasteiger partial charge in [-0.1, -0.05) is 66.5 Å². The van der Waals surface area contributed by atoms with Crippen molar-refractivity contribution in [3.63, 3.8) is 0 Å². The number of anilines is 1. The Morgan fingerprint density at radius 2 is 1.70 bits per heavy atom. The van der Waals surface area contributed by atoms with Gasteiger partial charge in [0, 0.05) is 23.6 Å². The number of aliphatic carboxylic acids is 1. The Kier molecular flexibility index (Phi) is 8.83. The molecule has 0 radical (unpaired) electrons. The van der Waals surface area contributed by atoms with Crippen molar-refractivity contribution in [3.05, 3.63) is 81.9 Å². The lowest BCUT2D eigenvalue weighted by atomic mass is 9.90. The molecule has 1 aliphatic rings. The number of carboxylic acids is 1. The van der Waals surface area contributed by atoms with E-state index in [-0.39, 0.29) is 48.6 Å². The molecule has 0 spiro atoms. The zero-order valence-electron chi connectivity index (χ0n) is 20.0. The average Bonchev–Trinajstić information content (AvgIpc) is 3.21. The molecular formula is C26H27Cl2N3O6. The van der Waals surface area contributed by atoms with E-state index in [2.05, 4.69) is 10.3 Å². The van der Waals surface area contributed by atoms with E-state index in [1.54, 1.807) is 35.2 Å². The first-order valence-corrected chi connectivity index (χ1v) is 12.5. The third-order valence-electron chi connectivity index (χ3n) is 6.27. The van der Waals surface area contributed by atoms with Gasteiger partial charge in [0.05, 0.1) is 38.1 Å².